The van der Waals surface area contributed by atoms with Crippen LogP contribution in [0.3, 0.4) is 0 Å². The van der Waals surface area contributed by atoms with Crippen LogP contribution in [0.5, 0.6) is 0 Å². The fourth-order valence-corrected chi connectivity index (χ4v) is 4.49. The Labute approximate surface area is 195 Å². The number of rotatable bonds is 5. The Kier molecular flexibility index (Phi) is 4.79. The molecule has 1 saturated carbocycles. The molecule has 3 aromatic heterocycles. The van der Waals surface area contributed by atoms with Gasteiger partial charge in [-0.05, 0) is 60.2 Å². The van der Waals surface area contributed by atoms with Gasteiger partial charge in [0.1, 0.15) is 11.2 Å². The van der Waals surface area contributed by atoms with E-state index in [-0.39, 0.29) is 11.5 Å². The molecule has 0 aliphatic heterocycles. The first kappa shape index (κ1) is 20.4. The van der Waals surface area contributed by atoms with Crippen LogP contribution in [0.15, 0.2) is 59.4 Å². The summed E-state index contributed by atoms with van der Waals surface area (Å²) >= 11 is 0. The molecule has 0 atom stereocenters. The molecule has 3 heterocycles. The summed E-state index contributed by atoms with van der Waals surface area (Å²) in [6.07, 6.45) is 2.06. The Morgan fingerprint density at radius 3 is 2.47 bits per heavy atom. The lowest BCUT2D eigenvalue weighted by molar-refractivity contribution is 0.750. The molecule has 5 aromatic rings. The number of pyridine rings is 1. The molecule has 8 heteroatoms. The fraction of sp³-hybridized carbons (Fsp3) is 0.231. The second-order valence-electron chi connectivity index (χ2n) is 8.89. The van der Waals surface area contributed by atoms with Crippen molar-refractivity contribution in [2.75, 3.05) is 0 Å². The summed E-state index contributed by atoms with van der Waals surface area (Å²) in [7, 11) is 0. The molecule has 0 saturated heterocycles. The molecule has 1 N–H and O–H groups in total. The van der Waals surface area contributed by atoms with E-state index in [9.17, 15) is 4.79 Å². The van der Waals surface area contributed by atoms with E-state index in [1.807, 2.05) is 44.2 Å². The zero-order chi connectivity index (χ0) is 23.2. The molecule has 0 amide bonds. The van der Waals surface area contributed by atoms with Crippen molar-refractivity contribution in [2.24, 2.45) is 0 Å². The van der Waals surface area contributed by atoms with E-state index in [0.717, 1.165) is 51.9 Å². The summed E-state index contributed by atoms with van der Waals surface area (Å²) in [5.41, 5.74) is 8.04. The van der Waals surface area contributed by atoms with Gasteiger partial charge in [-0.1, -0.05) is 48.5 Å². The quantitative estimate of drug-likeness (QED) is 0.432. The highest BCUT2D eigenvalue weighted by Crippen LogP contribution is 2.38. The lowest BCUT2D eigenvalue weighted by Crippen LogP contribution is -2.27. The topological polar surface area (TPSA) is 102 Å². The summed E-state index contributed by atoms with van der Waals surface area (Å²) in [6.45, 7) is 4.43. The summed E-state index contributed by atoms with van der Waals surface area (Å²) in [4.78, 5) is 22.8. The van der Waals surface area contributed by atoms with Crippen molar-refractivity contribution in [1.82, 2.24) is 35.2 Å². The van der Waals surface area contributed by atoms with Gasteiger partial charge in [-0.3, -0.25) is 9.36 Å². The number of aromatic amines is 1. The molecule has 0 bridgehead atoms. The van der Waals surface area contributed by atoms with Gasteiger partial charge >= 0.3 is 0 Å². The van der Waals surface area contributed by atoms with E-state index in [1.54, 1.807) is 4.57 Å². The maximum absolute atomic E-state index is 13.4. The molecule has 34 heavy (non-hydrogen) atoms. The van der Waals surface area contributed by atoms with Crippen LogP contribution in [0, 0.1) is 13.8 Å². The van der Waals surface area contributed by atoms with E-state index in [0.29, 0.717) is 23.7 Å². The minimum atomic E-state index is -0.0287. The number of hydrogen-bond acceptors (Lipinski definition) is 6. The minimum absolute atomic E-state index is 0.0287. The number of aromatic nitrogens is 7. The van der Waals surface area contributed by atoms with Crippen molar-refractivity contribution in [2.45, 2.75) is 39.2 Å². The Hall–Kier alpha value is -4.20. The van der Waals surface area contributed by atoms with Crippen molar-refractivity contribution < 1.29 is 0 Å². The normalized spacial score (nSPS) is 13.5. The van der Waals surface area contributed by atoms with Gasteiger partial charge in [-0.25, -0.2) is 9.97 Å². The van der Waals surface area contributed by atoms with Crippen LogP contribution in [-0.2, 0) is 6.54 Å². The molecule has 1 fully saturated rings. The lowest BCUT2D eigenvalue weighted by atomic mass is 9.98. The van der Waals surface area contributed by atoms with Crippen LogP contribution < -0.4 is 5.56 Å². The molecule has 6 rings (SSSR count). The van der Waals surface area contributed by atoms with Crippen LogP contribution in [0.25, 0.3) is 33.7 Å². The highest BCUT2D eigenvalue weighted by molar-refractivity contribution is 5.80. The summed E-state index contributed by atoms with van der Waals surface area (Å²) in [6, 6.07) is 18.2. The van der Waals surface area contributed by atoms with Gasteiger partial charge in [0.2, 0.25) is 5.82 Å². The monoisotopic (exact) mass is 449 g/mol. The first-order chi connectivity index (χ1) is 16.6. The number of benzene rings is 2. The van der Waals surface area contributed by atoms with Gasteiger partial charge in [-0.2, -0.15) is 5.21 Å². The number of nitrogens with zero attached hydrogens (tertiary/aromatic N) is 6. The Morgan fingerprint density at radius 2 is 1.76 bits per heavy atom. The predicted molar refractivity (Wildman–Crippen MR) is 129 cm³/mol. The van der Waals surface area contributed by atoms with Crippen LogP contribution >= 0.6 is 0 Å². The number of tetrazole rings is 1. The van der Waals surface area contributed by atoms with E-state index < -0.39 is 0 Å². The third-order valence-corrected chi connectivity index (χ3v) is 6.33. The SMILES string of the molecule is Cc1cc(C)c2nc(C3CC3)c(=O)n(Cc3ccc(-c4ccccc4-c4nn[nH]n4)cc3)c2n1. The van der Waals surface area contributed by atoms with Crippen LogP contribution in [0.4, 0.5) is 0 Å². The van der Waals surface area contributed by atoms with Gasteiger partial charge in [0, 0.05) is 17.2 Å². The number of fused-ring (bicyclic) bond motifs is 1. The Morgan fingerprint density at radius 1 is 1.00 bits per heavy atom. The average Bonchev–Trinajstić information content (AvgIpc) is 3.54. The van der Waals surface area contributed by atoms with Crippen LogP contribution in [0.2, 0.25) is 0 Å². The fourth-order valence-electron chi connectivity index (χ4n) is 4.49. The Balaban J connectivity index is 1.41. The molecule has 168 valence electrons. The first-order valence-electron chi connectivity index (χ1n) is 11.4. The lowest BCUT2D eigenvalue weighted by Gasteiger charge is -2.14. The maximum Gasteiger partial charge on any atom is 0.274 e. The van der Waals surface area contributed by atoms with Crippen LogP contribution in [0.1, 0.15) is 41.3 Å². The second-order valence-corrected chi connectivity index (χ2v) is 8.89. The average molecular weight is 450 g/mol. The maximum atomic E-state index is 13.4. The highest BCUT2D eigenvalue weighted by atomic mass is 16.1. The molecule has 0 spiro atoms. The number of hydrogen-bond donors (Lipinski definition) is 1. The summed E-state index contributed by atoms with van der Waals surface area (Å²) in [5.74, 6) is 0.826. The van der Waals surface area contributed by atoms with E-state index in [1.165, 1.54) is 0 Å². The highest BCUT2D eigenvalue weighted by Gasteiger charge is 2.30. The zero-order valence-corrected chi connectivity index (χ0v) is 19.0. The van der Waals surface area contributed by atoms with Crippen LogP contribution in [-0.4, -0.2) is 35.2 Å². The summed E-state index contributed by atoms with van der Waals surface area (Å²) in [5, 5.41) is 14.5. The van der Waals surface area contributed by atoms with Crippen molar-refractivity contribution >= 4 is 11.2 Å². The molecule has 8 nitrogen and oxygen atoms in total. The van der Waals surface area contributed by atoms with E-state index >= 15 is 0 Å². The van der Waals surface area contributed by atoms with Gasteiger partial charge in [0.05, 0.1) is 6.54 Å². The molecule has 0 radical (unpaired) electrons. The van der Waals surface area contributed by atoms with Crippen molar-refractivity contribution in [3.63, 3.8) is 0 Å². The molecular weight excluding hydrogens is 426 g/mol. The van der Waals surface area contributed by atoms with Gasteiger partial charge in [0.25, 0.3) is 5.56 Å². The molecule has 1 aliphatic rings. The predicted octanol–water partition coefficient (Wildman–Crippen LogP) is 4.18. The van der Waals surface area contributed by atoms with Crippen molar-refractivity contribution in [3.8, 4) is 22.5 Å². The molecule has 2 aromatic carbocycles. The second kappa shape index (κ2) is 7.98. The standard InChI is InChI=1S/C26H23N7O/c1-15-13-16(2)27-25-22(15)28-23(19-11-12-19)26(34)33(25)14-17-7-9-18(10-8-17)20-5-3-4-6-21(20)24-29-31-32-30-24/h3-10,13,19H,11-12,14H2,1-2H3,(H,29,30,31,32). The summed E-state index contributed by atoms with van der Waals surface area (Å²) < 4.78 is 1.79. The smallest absolute Gasteiger partial charge is 0.274 e. The Bertz CT molecular complexity index is 1570. The van der Waals surface area contributed by atoms with Gasteiger partial charge < -0.3 is 0 Å². The molecular formula is C26H23N7O. The zero-order valence-electron chi connectivity index (χ0n) is 19.0. The van der Waals surface area contributed by atoms with Crippen molar-refractivity contribution in [3.05, 3.63) is 87.5 Å². The van der Waals surface area contributed by atoms with Crippen molar-refractivity contribution in [1.29, 1.82) is 0 Å². The van der Waals surface area contributed by atoms with E-state index in [2.05, 4.69) is 44.9 Å². The van der Waals surface area contributed by atoms with Gasteiger partial charge in [0.15, 0.2) is 5.65 Å². The number of H-pyrrole nitrogens is 1. The molecule has 0 unspecified atom stereocenters. The third kappa shape index (κ3) is 3.57. The van der Waals surface area contributed by atoms with Gasteiger partial charge in [-0.15, -0.1) is 10.2 Å². The first-order valence-corrected chi connectivity index (χ1v) is 11.4. The number of aryl methyl sites for hydroxylation is 2. The third-order valence-electron chi connectivity index (χ3n) is 6.33. The largest absolute Gasteiger partial charge is 0.285 e. The number of nitrogens with one attached hydrogen (secondary N) is 1. The molecule has 1 aliphatic carbocycles. The minimum Gasteiger partial charge on any atom is -0.285 e. The van der Waals surface area contributed by atoms with E-state index in [4.69, 9.17) is 9.97 Å².